The molecule has 5 heteroatoms. The van der Waals surface area contributed by atoms with Crippen molar-refractivity contribution in [2.75, 3.05) is 5.32 Å². The molecule has 0 atom stereocenters. The number of thiophene rings is 1. The summed E-state index contributed by atoms with van der Waals surface area (Å²) in [6, 6.07) is 15.1. The largest absolute Gasteiger partial charge is 0.339 e. The van der Waals surface area contributed by atoms with Gasteiger partial charge in [-0.3, -0.25) is 0 Å². The first kappa shape index (κ1) is 17.4. The average Bonchev–Trinajstić information content (AvgIpc) is 3.09. The third-order valence-corrected chi connectivity index (χ3v) is 6.04. The van der Waals surface area contributed by atoms with Gasteiger partial charge >= 0.3 is 0 Å². The fourth-order valence-electron chi connectivity index (χ4n) is 3.00. The number of aryl methyl sites for hydroxylation is 2. The Morgan fingerprint density at radius 2 is 1.88 bits per heavy atom. The number of rotatable bonds is 4. The standard InChI is InChI=1S/C21H18IN3S/c1-3-14-4-6-15(7-5-14)17-11-26-21-19(17)20(23-12-24-21)25-18-9-8-16(22)10-13(18)2/h4-12H,3H2,1-2H3,(H,23,24,25). The second-order valence-electron chi connectivity index (χ2n) is 6.19. The zero-order valence-corrected chi connectivity index (χ0v) is 17.6. The lowest BCUT2D eigenvalue weighted by Gasteiger charge is -2.11. The minimum absolute atomic E-state index is 0.857. The quantitative estimate of drug-likeness (QED) is 0.342. The van der Waals surface area contributed by atoms with Crippen molar-refractivity contribution in [3.63, 3.8) is 0 Å². The number of halogens is 1. The monoisotopic (exact) mass is 471 g/mol. The molecule has 1 N–H and O–H groups in total. The van der Waals surface area contributed by atoms with Gasteiger partial charge in [-0.05, 0) is 70.8 Å². The number of hydrogen-bond acceptors (Lipinski definition) is 4. The molecule has 0 amide bonds. The predicted octanol–water partition coefficient (Wildman–Crippen LogP) is 6.58. The topological polar surface area (TPSA) is 37.8 Å². The molecule has 0 aliphatic carbocycles. The van der Waals surface area contributed by atoms with Gasteiger partial charge in [-0.15, -0.1) is 11.3 Å². The van der Waals surface area contributed by atoms with Crippen LogP contribution in [0.3, 0.4) is 0 Å². The summed E-state index contributed by atoms with van der Waals surface area (Å²) in [4.78, 5) is 10.0. The first-order valence-electron chi connectivity index (χ1n) is 8.50. The molecule has 2 heterocycles. The minimum atomic E-state index is 0.857. The molecule has 0 spiro atoms. The number of hydrogen-bond donors (Lipinski definition) is 1. The molecule has 2 aromatic heterocycles. The summed E-state index contributed by atoms with van der Waals surface area (Å²) in [6.07, 6.45) is 2.68. The fraction of sp³-hybridized carbons (Fsp3) is 0.143. The van der Waals surface area contributed by atoms with Gasteiger partial charge < -0.3 is 5.32 Å². The van der Waals surface area contributed by atoms with Crippen LogP contribution in [-0.4, -0.2) is 9.97 Å². The van der Waals surface area contributed by atoms with E-state index < -0.39 is 0 Å². The fourth-order valence-corrected chi connectivity index (χ4v) is 4.56. The summed E-state index contributed by atoms with van der Waals surface area (Å²) in [6.45, 7) is 4.29. The maximum absolute atomic E-state index is 4.54. The van der Waals surface area contributed by atoms with Gasteiger partial charge in [-0.25, -0.2) is 9.97 Å². The Morgan fingerprint density at radius 1 is 1.08 bits per heavy atom. The zero-order valence-electron chi connectivity index (χ0n) is 14.6. The van der Waals surface area contributed by atoms with Crippen molar-refractivity contribution in [2.45, 2.75) is 20.3 Å². The van der Waals surface area contributed by atoms with E-state index in [0.29, 0.717) is 0 Å². The highest BCUT2D eigenvalue weighted by molar-refractivity contribution is 14.1. The van der Waals surface area contributed by atoms with Crippen molar-refractivity contribution in [2.24, 2.45) is 0 Å². The summed E-state index contributed by atoms with van der Waals surface area (Å²) in [5.74, 6) is 0.857. The highest BCUT2D eigenvalue weighted by atomic mass is 127. The Labute approximate surface area is 170 Å². The van der Waals surface area contributed by atoms with Crippen molar-refractivity contribution in [1.29, 1.82) is 0 Å². The van der Waals surface area contributed by atoms with Crippen molar-refractivity contribution in [3.8, 4) is 11.1 Å². The molecule has 4 rings (SSSR count). The van der Waals surface area contributed by atoms with E-state index >= 15 is 0 Å². The van der Waals surface area contributed by atoms with Crippen LogP contribution in [0, 0.1) is 10.5 Å². The molecule has 0 unspecified atom stereocenters. The molecule has 130 valence electrons. The summed E-state index contributed by atoms with van der Waals surface area (Å²) in [5.41, 5.74) is 6.00. The van der Waals surface area contributed by atoms with Crippen LogP contribution in [0.15, 0.2) is 54.2 Å². The van der Waals surface area contributed by atoms with Gasteiger partial charge in [0.1, 0.15) is 17.0 Å². The lowest BCUT2D eigenvalue weighted by atomic mass is 10.0. The number of aromatic nitrogens is 2. The summed E-state index contributed by atoms with van der Waals surface area (Å²) < 4.78 is 1.23. The third-order valence-electron chi connectivity index (χ3n) is 4.48. The third kappa shape index (κ3) is 3.33. The molecule has 0 bridgehead atoms. The highest BCUT2D eigenvalue weighted by Crippen LogP contribution is 2.37. The first-order chi connectivity index (χ1) is 12.7. The molecule has 26 heavy (non-hydrogen) atoms. The number of anilines is 2. The molecule has 2 aromatic carbocycles. The molecule has 0 fully saturated rings. The van der Waals surface area contributed by atoms with Crippen LogP contribution in [0.2, 0.25) is 0 Å². The number of benzene rings is 2. The average molecular weight is 471 g/mol. The van der Waals surface area contributed by atoms with Crippen molar-refractivity contribution >= 4 is 55.6 Å². The molecular formula is C21H18IN3S. The molecule has 4 aromatic rings. The van der Waals surface area contributed by atoms with Crippen LogP contribution in [0.4, 0.5) is 11.5 Å². The van der Waals surface area contributed by atoms with E-state index in [1.807, 2.05) is 0 Å². The highest BCUT2D eigenvalue weighted by Gasteiger charge is 2.14. The first-order valence-corrected chi connectivity index (χ1v) is 10.5. The van der Waals surface area contributed by atoms with E-state index in [9.17, 15) is 0 Å². The maximum atomic E-state index is 4.54. The lowest BCUT2D eigenvalue weighted by molar-refractivity contribution is 1.14. The van der Waals surface area contributed by atoms with E-state index in [4.69, 9.17) is 0 Å². The molecule has 0 radical (unpaired) electrons. The van der Waals surface area contributed by atoms with Gasteiger partial charge in [0.05, 0.1) is 5.39 Å². The smallest absolute Gasteiger partial charge is 0.143 e. The predicted molar refractivity (Wildman–Crippen MR) is 119 cm³/mol. The van der Waals surface area contributed by atoms with Crippen LogP contribution in [0.25, 0.3) is 21.3 Å². The lowest BCUT2D eigenvalue weighted by Crippen LogP contribution is -1.97. The van der Waals surface area contributed by atoms with Gasteiger partial charge in [0.15, 0.2) is 0 Å². The summed E-state index contributed by atoms with van der Waals surface area (Å²) in [7, 11) is 0. The van der Waals surface area contributed by atoms with Gasteiger partial charge in [0, 0.05) is 20.2 Å². The molecular weight excluding hydrogens is 453 g/mol. The molecule has 0 aliphatic rings. The summed E-state index contributed by atoms with van der Waals surface area (Å²) in [5, 5.41) is 6.77. The normalized spacial score (nSPS) is 11.0. The second kappa shape index (κ2) is 7.32. The minimum Gasteiger partial charge on any atom is -0.339 e. The van der Waals surface area contributed by atoms with Gasteiger partial charge in [-0.2, -0.15) is 0 Å². The van der Waals surface area contributed by atoms with Crippen LogP contribution < -0.4 is 5.32 Å². The van der Waals surface area contributed by atoms with E-state index in [1.54, 1.807) is 17.7 Å². The number of nitrogens with zero attached hydrogens (tertiary/aromatic N) is 2. The molecule has 0 saturated heterocycles. The van der Waals surface area contributed by atoms with Crippen LogP contribution in [0.5, 0.6) is 0 Å². The van der Waals surface area contributed by atoms with Gasteiger partial charge in [-0.1, -0.05) is 31.2 Å². The van der Waals surface area contributed by atoms with Crippen molar-refractivity contribution in [3.05, 3.63) is 68.9 Å². The van der Waals surface area contributed by atoms with E-state index in [0.717, 1.165) is 28.1 Å². The second-order valence-corrected chi connectivity index (χ2v) is 8.29. The molecule has 0 aliphatic heterocycles. The number of fused-ring (bicyclic) bond motifs is 1. The summed E-state index contributed by atoms with van der Waals surface area (Å²) >= 11 is 3.99. The number of nitrogens with one attached hydrogen (secondary N) is 1. The Bertz CT molecular complexity index is 1070. The van der Waals surface area contributed by atoms with Crippen molar-refractivity contribution < 1.29 is 0 Å². The Balaban J connectivity index is 1.81. The SMILES string of the molecule is CCc1ccc(-c2csc3ncnc(Nc4ccc(I)cc4C)c23)cc1. The zero-order chi connectivity index (χ0) is 18.1. The Kier molecular flexibility index (Phi) is 4.91. The Hall–Kier alpha value is -1.99. The van der Waals surface area contributed by atoms with Crippen molar-refractivity contribution in [1.82, 2.24) is 9.97 Å². The van der Waals surface area contributed by atoms with Gasteiger partial charge in [0.2, 0.25) is 0 Å². The maximum Gasteiger partial charge on any atom is 0.143 e. The van der Waals surface area contributed by atoms with E-state index in [-0.39, 0.29) is 0 Å². The van der Waals surface area contributed by atoms with E-state index in [2.05, 4.69) is 99.6 Å². The van der Waals surface area contributed by atoms with E-state index in [1.165, 1.54) is 25.8 Å². The van der Waals surface area contributed by atoms with Crippen LogP contribution in [0.1, 0.15) is 18.1 Å². The van der Waals surface area contributed by atoms with Crippen LogP contribution >= 0.6 is 33.9 Å². The molecule has 0 saturated carbocycles. The van der Waals surface area contributed by atoms with Gasteiger partial charge in [0.25, 0.3) is 0 Å². The Morgan fingerprint density at radius 3 is 2.62 bits per heavy atom. The van der Waals surface area contributed by atoms with Crippen LogP contribution in [-0.2, 0) is 6.42 Å². The molecule has 3 nitrogen and oxygen atoms in total.